The Morgan fingerprint density at radius 1 is 0.735 bits per heavy atom. The molecular weight excluding hydrogens is 448 g/mol. The summed E-state index contributed by atoms with van der Waals surface area (Å²) in [5.74, 6) is -2.31. The zero-order chi connectivity index (χ0) is 24.8. The van der Waals surface area contributed by atoms with Crippen molar-refractivity contribution in [3.05, 3.63) is 42.5 Å². The first kappa shape index (κ1) is 25.0. The normalized spacial score (nSPS) is 24.1. The van der Waals surface area contributed by atoms with Crippen molar-refractivity contribution in [3.63, 3.8) is 0 Å². The van der Waals surface area contributed by atoms with Gasteiger partial charge in [-0.15, -0.1) is 0 Å². The predicted molar refractivity (Wildman–Crippen MR) is 117 cm³/mol. The van der Waals surface area contributed by atoms with Crippen molar-refractivity contribution >= 4 is 34.6 Å². The minimum absolute atomic E-state index is 0.324. The van der Waals surface area contributed by atoms with Gasteiger partial charge in [-0.2, -0.15) is 0 Å². The van der Waals surface area contributed by atoms with Crippen molar-refractivity contribution in [2.45, 2.75) is 58.4 Å². The van der Waals surface area contributed by atoms with Gasteiger partial charge in [0.05, 0.1) is 0 Å². The summed E-state index contributed by atoms with van der Waals surface area (Å²) in [6.07, 6.45) is -6.16. The van der Waals surface area contributed by atoms with Crippen LogP contribution in [0, 0.1) is 0 Å². The average molecular weight is 474 g/mol. The first-order chi connectivity index (χ1) is 16.1. The smallest absolute Gasteiger partial charge is 0.303 e. The van der Waals surface area contributed by atoms with Crippen molar-refractivity contribution in [1.29, 1.82) is 0 Å². The van der Waals surface area contributed by atoms with Crippen LogP contribution in [0.25, 0.3) is 10.8 Å². The average Bonchev–Trinajstić information content (AvgIpc) is 2.75. The highest BCUT2D eigenvalue weighted by molar-refractivity contribution is 5.83. The molecule has 0 unspecified atom stereocenters. The topological polar surface area (TPSA) is 124 Å². The zero-order valence-electron chi connectivity index (χ0n) is 19.2. The molecule has 1 aliphatic heterocycles. The van der Waals surface area contributed by atoms with Crippen molar-refractivity contribution in [3.8, 4) is 5.75 Å². The quantitative estimate of drug-likeness (QED) is 0.436. The van der Waals surface area contributed by atoms with Crippen LogP contribution in [0.3, 0.4) is 0 Å². The van der Waals surface area contributed by atoms with E-state index in [-0.39, 0.29) is 6.61 Å². The van der Waals surface area contributed by atoms with Crippen LogP contribution in [-0.2, 0) is 42.9 Å². The molecule has 2 aromatic carbocycles. The van der Waals surface area contributed by atoms with Gasteiger partial charge < -0.3 is 28.4 Å². The van der Waals surface area contributed by atoms with Crippen molar-refractivity contribution in [1.82, 2.24) is 0 Å². The minimum Gasteiger partial charge on any atom is -0.463 e. The minimum atomic E-state index is -1.29. The summed E-state index contributed by atoms with van der Waals surface area (Å²) in [6.45, 7) is 4.37. The van der Waals surface area contributed by atoms with Gasteiger partial charge in [0, 0.05) is 27.7 Å². The number of benzene rings is 2. The van der Waals surface area contributed by atoms with Gasteiger partial charge in [-0.25, -0.2) is 0 Å². The second-order valence-corrected chi connectivity index (χ2v) is 7.69. The molecule has 0 aliphatic carbocycles. The molecule has 1 saturated heterocycles. The van der Waals surface area contributed by atoms with Crippen LogP contribution in [0.4, 0.5) is 0 Å². The van der Waals surface area contributed by atoms with Gasteiger partial charge in [0.1, 0.15) is 18.5 Å². The molecule has 3 rings (SSSR count). The molecule has 34 heavy (non-hydrogen) atoms. The summed E-state index contributed by atoms with van der Waals surface area (Å²) in [4.78, 5) is 47.0. The van der Waals surface area contributed by atoms with Crippen LogP contribution in [0.2, 0.25) is 0 Å². The molecule has 10 heteroatoms. The maximum atomic E-state index is 11.9. The summed E-state index contributed by atoms with van der Waals surface area (Å²) >= 11 is 0. The van der Waals surface area contributed by atoms with Gasteiger partial charge in [-0.05, 0) is 22.9 Å². The highest BCUT2D eigenvalue weighted by Gasteiger charge is 2.53. The Morgan fingerprint density at radius 3 is 1.94 bits per heavy atom. The van der Waals surface area contributed by atoms with Crippen LogP contribution in [0.15, 0.2) is 42.5 Å². The molecule has 0 aromatic heterocycles. The van der Waals surface area contributed by atoms with Crippen LogP contribution < -0.4 is 4.74 Å². The van der Waals surface area contributed by atoms with Crippen LogP contribution in [-0.4, -0.2) is 61.2 Å². The number of esters is 4. The lowest BCUT2D eigenvalue weighted by atomic mass is 9.98. The maximum Gasteiger partial charge on any atom is 0.303 e. The van der Waals surface area contributed by atoms with Gasteiger partial charge >= 0.3 is 23.9 Å². The Kier molecular flexibility index (Phi) is 8.06. The molecule has 0 bridgehead atoms. The Balaban J connectivity index is 1.98. The fourth-order valence-electron chi connectivity index (χ4n) is 3.66. The standard InChI is InChI=1S/C24H26O10/c1-13(25)29-12-20-21(30-14(2)26)22(31-15(3)27)23(32-16(4)28)24(34-20)33-19-10-9-17-7-5-6-8-18(17)11-19/h5-11,20-24H,12H2,1-4H3/t20-,21-,22+,23-,24+/m1/s1. The zero-order valence-corrected chi connectivity index (χ0v) is 19.2. The molecule has 0 amide bonds. The molecule has 1 heterocycles. The second-order valence-electron chi connectivity index (χ2n) is 7.69. The molecule has 1 aliphatic rings. The number of carbonyl (C=O) groups is 4. The highest BCUT2D eigenvalue weighted by atomic mass is 16.7. The molecular formula is C24H26O10. The maximum absolute atomic E-state index is 11.9. The first-order valence-corrected chi connectivity index (χ1v) is 10.6. The van der Waals surface area contributed by atoms with E-state index < -0.39 is 54.6 Å². The van der Waals surface area contributed by atoms with E-state index in [1.54, 1.807) is 12.1 Å². The Morgan fingerprint density at radius 2 is 1.32 bits per heavy atom. The molecule has 0 N–H and O–H groups in total. The molecule has 1 fully saturated rings. The Hall–Kier alpha value is -3.66. The van der Waals surface area contributed by atoms with E-state index in [1.165, 1.54) is 13.8 Å². The van der Waals surface area contributed by atoms with Gasteiger partial charge in [0.25, 0.3) is 0 Å². The molecule has 2 aromatic rings. The lowest BCUT2D eigenvalue weighted by Crippen LogP contribution is -2.63. The van der Waals surface area contributed by atoms with E-state index in [0.29, 0.717) is 5.75 Å². The third-order valence-electron chi connectivity index (χ3n) is 4.92. The third-order valence-corrected chi connectivity index (χ3v) is 4.92. The fraction of sp³-hybridized carbons (Fsp3) is 0.417. The summed E-state index contributed by atoms with van der Waals surface area (Å²) in [5, 5.41) is 1.88. The van der Waals surface area contributed by atoms with E-state index in [0.717, 1.165) is 24.6 Å². The lowest BCUT2D eigenvalue weighted by Gasteiger charge is -2.43. The van der Waals surface area contributed by atoms with Gasteiger partial charge in [0.15, 0.2) is 12.2 Å². The van der Waals surface area contributed by atoms with E-state index in [9.17, 15) is 19.2 Å². The summed E-state index contributed by atoms with van der Waals surface area (Å²) in [6, 6.07) is 12.9. The van der Waals surface area contributed by atoms with Gasteiger partial charge in [-0.1, -0.05) is 30.3 Å². The summed E-state index contributed by atoms with van der Waals surface area (Å²) in [7, 11) is 0. The lowest BCUT2D eigenvalue weighted by molar-refractivity contribution is -0.288. The van der Waals surface area contributed by atoms with Crippen molar-refractivity contribution in [2.75, 3.05) is 6.61 Å². The highest BCUT2D eigenvalue weighted by Crippen LogP contribution is 2.31. The third kappa shape index (κ3) is 6.44. The number of carbonyl (C=O) groups excluding carboxylic acids is 4. The van der Waals surface area contributed by atoms with Crippen molar-refractivity contribution in [2.24, 2.45) is 0 Å². The summed E-state index contributed by atoms with van der Waals surface area (Å²) in [5.41, 5.74) is 0. The van der Waals surface area contributed by atoms with E-state index in [1.807, 2.05) is 30.3 Å². The van der Waals surface area contributed by atoms with Gasteiger partial charge in [0.2, 0.25) is 12.4 Å². The molecule has 0 saturated carbocycles. The van der Waals surface area contributed by atoms with Crippen LogP contribution in [0.1, 0.15) is 27.7 Å². The van der Waals surface area contributed by atoms with Crippen molar-refractivity contribution < 1.29 is 47.6 Å². The van der Waals surface area contributed by atoms with Crippen LogP contribution in [0.5, 0.6) is 5.75 Å². The molecule has 0 spiro atoms. The molecule has 0 radical (unpaired) electrons. The number of rotatable bonds is 7. The van der Waals surface area contributed by atoms with E-state index in [4.69, 9.17) is 28.4 Å². The van der Waals surface area contributed by atoms with E-state index in [2.05, 4.69) is 0 Å². The monoisotopic (exact) mass is 474 g/mol. The Labute approximate surface area is 196 Å². The molecule has 10 nitrogen and oxygen atoms in total. The predicted octanol–water partition coefficient (Wildman–Crippen LogP) is 2.30. The molecule has 5 atom stereocenters. The number of fused-ring (bicyclic) bond motifs is 1. The second kappa shape index (κ2) is 11.0. The Bertz CT molecular complexity index is 1060. The first-order valence-electron chi connectivity index (χ1n) is 10.6. The van der Waals surface area contributed by atoms with Gasteiger partial charge in [-0.3, -0.25) is 19.2 Å². The number of ether oxygens (including phenoxy) is 6. The van der Waals surface area contributed by atoms with E-state index >= 15 is 0 Å². The summed E-state index contributed by atoms with van der Waals surface area (Å²) < 4.78 is 33.1. The fourth-order valence-corrected chi connectivity index (χ4v) is 3.66. The molecule has 182 valence electrons. The number of hydrogen-bond donors (Lipinski definition) is 0. The number of hydrogen-bond acceptors (Lipinski definition) is 10. The van der Waals surface area contributed by atoms with Crippen LogP contribution >= 0.6 is 0 Å². The largest absolute Gasteiger partial charge is 0.463 e. The SMILES string of the molecule is CC(=O)OC[C@H]1O[C@H](Oc2ccc3ccccc3c2)[C@H](OC(C)=O)[C@@H](OC(C)=O)[C@@H]1OC(C)=O.